The van der Waals surface area contributed by atoms with Gasteiger partial charge in [0.2, 0.25) is 5.91 Å². The predicted octanol–water partition coefficient (Wildman–Crippen LogP) is 5.85. The number of amides is 1. The third-order valence-corrected chi connectivity index (χ3v) is 10.4. The first-order chi connectivity index (χ1) is 15.4. The number of hydrogen-bond acceptors (Lipinski definition) is 4. The van der Waals surface area contributed by atoms with E-state index in [4.69, 9.17) is 4.98 Å². The molecule has 1 amide bonds. The molecule has 7 rings (SSSR count). The smallest absolute Gasteiger partial charge is 0.223 e. The zero-order valence-electron chi connectivity index (χ0n) is 19.8. The van der Waals surface area contributed by atoms with Gasteiger partial charge in [-0.1, -0.05) is 17.4 Å². The number of hydrogen-bond donors (Lipinski definition) is 1. The maximum atomic E-state index is 13.2. The summed E-state index contributed by atoms with van der Waals surface area (Å²) in [5, 5.41) is 4.65. The summed E-state index contributed by atoms with van der Waals surface area (Å²) in [6.07, 6.45) is 10.3. The first kappa shape index (κ1) is 20.9. The highest BCUT2D eigenvalue weighted by Gasteiger charge is 2.53. The molecule has 1 aromatic heterocycles. The van der Waals surface area contributed by atoms with Gasteiger partial charge >= 0.3 is 0 Å². The van der Waals surface area contributed by atoms with E-state index >= 15 is 0 Å². The minimum Gasteiger partial charge on any atom is -0.353 e. The summed E-state index contributed by atoms with van der Waals surface area (Å²) in [5.41, 5.74) is 4.09. The molecular weight excluding hydrogens is 414 g/mol. The Hall–Kier alpha value is -1.62. The van der Waals surface area contributed by atoms with Gasteiger partial charge < -0.3 is 10.2 Å². The van der Waals surface area contributed by atoms with E-state index in [0.29, 0.717) is 17.4 Å². The van der Waals surface area contributed by atoms with Gasteiger partial charge in [0.25, 0.3) is 0 Å². The molecule has 32 heavy (non-hydrogen) atoms. The van der Waals surface area contributed by atoms with Crippen LogP contribution >= 0.6 is 11.3 Å². The molecule has 1 saturated heterocycles. The van der Waals surface area contributed by atoms with E-state index in [2.05, 4.69) is 43.1 Å². The van der Waals surface area contributed by atoms with Crippen LogP contribution in [0.3, 0.4) is 0 Å². The van der Waals surface area contributed by atoms with Gasteiger partial charge in [-0.25, -0.2) is 4.98 Å². The zero-order valence-corrected chi connectivity index (χ0v) is 20.6. The molecule has 4 bridgehead atoms. The van der Waals surface area contributed by atoms with E-state index in [1.165, 1.54) is 54.4 Å². The van der Waals surface area contributed by atoms with Gasteiger partial charge in [0.1, 0.15) is 0 Å². The third kappa shape index (κ3) is 3.55. The number of carbonyl (C=O) groups excluding carboxylic acids is 1. The van der Waals surface area contributed by atoms with E-state index in [-0.39, 0.29) is 5.92 Å². The van der Waals surface area contributed by atoms with E-state index in [0.717, 1.165) is 54.3 Å². The first-order valence-corrected chi connectivity index (χ1v) is 13.6. The van der Waals surface area contributed by atoms with Gasteiger partial charge in [0, 0.05) is 25.0 Å². The van der Waals surface area contributed by atoms with Crippen LogP contribution in [0.5, 0.6) is 0 Å². The highest BCUT2D eigenvalue weighted by Crippen LogP contribution is 2.61. The standard InChI is InChI=1S/C27H37N3OS/c1-16-8-17(2)24-23(9-16)32-26(29-24)30-6-4-22(5-7-30)25(31)28-18(3)27-13-19-10-20(14-27)12-21(11-19)15-27/h8-9,18-22H,4-7,10-15H2,1-3H3,(H,28,31). The van der Waals surface area contributed by atoms with Crippen LogP contribution < -0.4 is 10.2 Å². The van der Waals surface area contributed by atoms with Crippen molar-refractivity contribution in [1.29, 1.82) is 0 Å². The Morgan fingerprint density at radius 2 is 1.72 bits per heavy atom. The Morgan fingerprint density at radius 3 is 2.34 bits per heavy atom. The SMILES string of the molecule is Cc1cc(C)c2nc(N3CCC(C(=O)NC(C)C45CC6CC(CC(C6)C4)C5)CC3)sc2c1. The highest BCUT2D eigenvalue weighted by molar-refractivity contribution is 7.22. The largest absolute Gasteiger partial charge is 0.353 e. The molecule has 5 aliphatic rings. The summed E-state index contributed by atoms with van der Waals surface area (Å²) in [6, 6.07) is 4.79. The molecular formula is C27H37N3OS. The molecule has 0 spiro atoms. The number of aryl methyl sites for hydroxylation is 2. The third-order valence-electron chi connectivity index (χ3n) is 9.32. The van der Waals surface area contributed by atoms with E-state index < -0.39 is 0 Å². The predicted molar refractivity (Wildman–Crippen MR) is 132 cm³/mol. The van der Waals surface area contributed by atoms with Gasteiger partial charge in [0.05, 0.1) is 10.2 Å². The number of rotatable bonds is 4. The van der Waals surface area contributed by atoms with Crippen LogP contribution in [-0.2, 0) is 4.79 Å². The average Bonchev–Trinajstić information content (AvgIpc) is 3.17. The molecule has 4 aliphatic carbocycles. The molecule has 172 valence electrons. The van der Waals surface area contributed by atoms with E-state index in [1.54, 1.807) is 11.3 Å². The molecule has 2 heterocycles. The van der Waals surface area contributed by atoms with Crippen LogP contribution in [0.1, 0.15) is 69.4 Å². The van der Waals surface area contributed by atoms with Gasteiger partial charge in [-0.2, -0.15) is 0 Å². The monoisotopic (exact) mass is 451 g/mol. The molecule has 5 fully saturated rings. The van der Waals surface area contributed by atoms with Gasteiger partial charge in [-0.05, 0) is 112 Å². The molecule has 1 unspecified atom stereocenters. The average molecular weight is 452 g/mol. The fourth-order valence-corrected chi connectivity index (χ4v) is 9.21. The molecule has 2 aromatic rings. The summed E-state index contributed by atoms with van der Waals surface area (Å²) in [7, 11) is 0. The number of carbonyl (C=O) groups is 1. The highest BCUT2D eigenvalue weighted by atomic mass is 32.1. The number of nitrogens with one attached hydrogen (secondary N) is 1. The molecule has 5 heteroatoms. The van der Waals surface area contributed by atoms with Crippen LogP contribution in [-0.4, -0.2) is 30.0 Å². The Kier molecular flexibility index (Phi) is 5.05. The number of anilines is 1. The first-order valence-electron chi connectivity index (χ1n) is 12.8. The van der Waals surface area contributed by atoms with Crippen LogP contribution in [0, 0.1) is 42.9 Å². The summed E-state index contributed by atoms with van der Waals surface area (Å²) in [4.78, 5) is 20.6. The van der Waals surface area contributed by atoms with Crippen molar-refractivity contribution in [3.8, 4) is 0 Å². The minimum absolute atomic E-state index is 0.154. The number of aromatic nitrogens is 1. The van der Waals surface area contributed by atoms with Crippen LogP contribution in [0.4, 0.5) is 5.13 Å². The molecule has 1 aliphatic heterocycles. The zero-order chi connectivity index (χ0) is 22.0. The van der Waals surface area contributed by atoms with Crippen molar-refractivity contribution < 1.29 is 4.79 Å². The molecule has 1 aromatic carbocycles. The quantitative estimate of drug-likeness (QED) is 0.634. The normalized spacial score (nSPS) is 33.1. The maximum Gasteiger partial charge on any atom is 0.223 e. The van der Waals surface area contributed by atoms with Crippen molar-refractivity contribution in [2.75, 3.05) is 18.0 Å². The molecule has 4 saturated carbocycles. The van der Waals surface area contributed by atoms with Crippen LogP contribution in [0.15, 0.2) is 12.1 Å². The van der Waals surface area contributed by atoms with Gasteiger partial charge in [0.15, 0.2) is 5.13 Å². The molecule has 1 N–H and O–H groups in total. The number of benzene rings is 1. The fraction of sp³-hybridized carbons (Fsp3) is 0.704. The fourth-order valence-electron chi connectivity index (χ4n) is 8.02. The lowest BCUT2D eigenvalue weighted by molar-refractivity contribution is -0.130. The topological polar surface area (TPSA) is 45.2 Å². The second-order valence-electron chi connectivity index (χ2n) is 11.7. The Balaban J connectivity index is 1.08. The second-order valence-corrected chi connectivity index (χ2v) is 12.7. The van der Waals surface area contributed by atoms with Crippen molar-refractivity contribution in [1.82, 2.24) is 10.3 Å². The number of thiazole rings is 1. The van der Waals surface area contributed by atoms with Crippen LogP contribution in [0.25, 0.3) is 10.2 Å². The van der Waals surface area contributed by atoms with Crippen molar-refractivity contribution in [2.24, 2.45) is 29.1 Å². The van der Waals surface area contributed by atoms with Gasteiger partial charge in [-0.3, -0.25) is 4.79 Å². The van der Waals surface area contributed by atoms with Crippen molar-refractivity contribution in [3.05, 3.63) is 23.3 Å². The molecule has 0 radical (unpaired) electrons. The van der Waals surface area contributed by atoms with Gasteiger partial charge in [-0.15, -0.1) is 0 Å². The lowest BCUT2D eigenvalue weighted by Gasteiger charge is -2.59. The summed E-state index contributed by atoms with van der Waals surface area (Å²) >= 11 is 1.80. The Labute approximate surface area is 196 Å². The van der Waals surface area contributed by atoms with Crippen molar-refractivity contribution >= 4 is 32.6 Å². The number of nitrogens with zero attached hydrogens (tertiary/aromatic N) is 2. The Morgan fingerprint density at radius 1 is 1.09 bits per heavy atom. The molecule has 1 atom stereocenters. The second kappa shape index (κ2) is 7.72. The van der Waals surface area contributed by atoms with E-state index in [9.17, 15) is 4.79 Å². The number of fused-ring (bicyclic) bond motifs is 1. The summed E-state index contributed by atoms with van der Waals surface area (Å²) in [5.74, 6) is 3.27. The van der Waals surface area contributed by atoms with Crippen molar-refractivity contribution in [3.63, 3.8) is 0 Å². The lowest BCUT2D eigenvalue weighted by atomic mass is 9.48. The summed E-state index contributed by atoms with van der Waals surface area (Å²) in [6.45, 7) is 8.48. The molecule has 4 nitrogen and oxygen atoms in total. The number of piperidine rings is 1. The van der Waals surface area contributed by atoms with E-state index in [1.807, 2.05) is 0 Å². The maximum absolute atomic E-state index is 13.2. The van der Waals surface area contributed by atoms with Crippen molar-refractivity contribution in [2.45, 2.75) is 78.2 Å². The lowest BCUT2D eigenvalue weighted by Crippen LogP contribution is -2.56. The van der Waals surface area contributed by atoms with Crippen LogP contribution in [0.2, 0.25) is 0 Å². The summed E-state index contributed by atoms with van der Waals surface area (Å²) < 4.78 is 1.28. The minimum atomic E-state index is 0.154. The Bertz CT molecular complexity index is 1000.